The molecule has 2 aliphatic rings. The van der Waals surface area contributed by atoms with Crippen molar-refractivity contribution < 1.29 is 14.3 Å². The molecule has 0 bridgehead atoms. The molecule has 3 rings (SSSR count). The Labute approximate surface area is 124 Å². The molecule has 2 amide bonds. The number of carbonyl (C=O) groups is 2. The fraction of sp³-hybridized carbons (Fsp3) is 0.500. The fourth-order valence-electron chi connectivity index (χ4n) is 2.97. The molecule has 112 valence electrons. The molecule has 2 aliphatic heterocycles. The number of nitrogens with zero attached hydrogens (tertiary/aromatic N) is 1. The molecule has 2 heterocycles. The van der Waals surface area contributed by atoms with Crippen LogP contribution in [0.4, 0.5) is 0 Å². The van der Waals surface area contributed by atoms with Crippen molar-refractivity contribution in [1.82, 2.24) is 10.2 Å². The molecular formula is C16H20N2O3. The Balaban J connectivity index is 1.72. The maximum Gasteiger partial charge on any atom is 0.258 e. The van der Waals surface area contributed by atoms with Crippen LogP contribution in [-0.2, 0) is 4.79 Å². The first-order valence-electron chi connectivity index (χ1n) is 7.52. The lowest BCUT2D eigenvalue weighted by atomic mass is 9.96. The Morgan fingerprint density at radius 3 is 2.76 bits per heavy atom. The summed E-state index contributed by atoms with van der Waals surface area (Å²) in [5, 5.41) is 2.98. The van der Waals surface area contributed by atoms with Crippen molar-refractivity contribution in [2.24, 2.45) is 0 Å². The molecule has 0 radical (unpaired) electrons. The molecule has 0 aromatic heterocycles. The van der Waals surface area contributed by atoms with Crippen LogP contribution in [0.2, 0.25) is 0 Å². The highest BCUT2D eigenvalue weighted by Gasteiger charge is 2.42. The van der Waals surface area contributed by atoms with Gasteiger partial charge in [-0.05, 0) is 18.6 Å². The first-order valence-corrected chi connectivity index (χ1v) is 7.52. The summed E-state index contributed by atoms with van der Waals surface area (Å²) in [5.41, 5.74) is -0.0818. The van der Waals surface area contributed by atoms with Crippen LogP contribution in [0.25, 0.3) is 0 Å². The predicted octanol–water partition coefficient (Wildman–Crippen LogP) is 1.93. The number of piperidine rings is 1. The Kier molecular flexibility index (Phi) is 3.57. The van der Waals surface area contributed by atoms with E-state index in [4.69, 9.17) is 4.74 Å². The molecule has 0 unspecified atom stereocenters. The number of ether oxygens (including phenoxy) is 1. The number of amides is 2. The van der Waals surface area contributed by atoms with Gasteiger partial charge in [-0.15, -0.1) is 0 Å². The Hall–Kier alpha value is -2.04. The van der Waals surface area contributed by atoms with Gasteiger partial charge in [0.05, 0.1) is 5.56 Å². The summed E-state index contributed by atoms with van der Waals surface area (Å²) in [5.74, 6) is 0.731. The Bertz CT molecular complexity index is 562. The molecule has 5 nitrogen and oxygen atoms in total. The van der Waals surface area contributed by atoms with Gasteiger partial charge >= 0.3 is 0 Å². The first kappa shape index (κ1) is 13.9. The van der Waals surface area contributed by atoms with E-state index in [0.29, 0.717) is 43.7 Å². The van der Waals surface area contributed by atoms with Crippen LogP contribution in [0.1, 0.15) is 43.0 Å². The normalized spacial score (nSPS) is 19.7. The largest absolute Gasteiger partial charge is 0.467 e. The number of carbonyl (C=O) groups excluding carboxylic acids is 2. The van der Waals surface area contributed by atoms with Gasteiger partial charge in [-0.1, -0.05) is 19.1 Å². The number of hydrogen-bond acceptors (Lipinski definition) is 3. The number of fused-ring (bicyclic) bond motifs is 1. The lowest BCUT2D eigenvalue weighted by Gasteiger charge is -2.44. The zero-order valence-electron chi connectivity index (χ0n) is 12.2. The topological polar surface area (TPSA) is 58.6 Å². The van der Waals surface area contributed by atoms with Crippen LogP contribution in [0, 0.1) is 0 Å². The summed E-state index contributed by atoms with van der Waals surface area (Å²) < 4.78 is 6.05. The van der Waals surface area contributed by atoms with Gasteiger partial charge in [0.1, 0.15) is 5.75 Å². The molecule has 21 heavy (non-hydrogen) atoms. The van der Waals surface area contributed by atoms with Crippen LogP contribution < -0.4 is 10.1 Å². The van der Waals surface area contributed by atoms with E-state index < -0.39 is 5.72 Å². The van der Waals surface area contributed by atoms with Crippen molar-refractivity contribution in [2.45, 2.75) is 38.3 Å². The number of nitrogens with one attached hydrogen (secondary N) is 1. The van der Waals surface area contributed by atoms with Crippen molar-refractivity contribution in [1.29, 1.82) is 0 Å². The van der Waals surface area contributed by atoms with Crippen molar-refractivity contribution >= 4 is 11.8 Å². The molecule has 0 saturated carbocycles. The number of benzene rings is 1. The lowest BCUT2D eigenvalue weighted by Crippen LogP contribution is -2.61. The number of rotatable bonds is 2. The van der Waals surface area contributed by atoms with Gasteiger partial charge in [0, 0.05) is 32.4 Å². The van der Waals surface area contributed by atoms with E-state index >= 15 is 0 Å². The van der Waals surface area contributed by atoms with E-state index in [1.165, 1.54) is 0 Å². The van der Waals surface area contributed by atoms with E-state index in [-0.39, 0.29) is 11.8 Å². The van der Waals surface area contributed by atoms with Crippen LogP contribution >= 0.6 is 0 Å². The molecule has 1 saturated heterocycles. The van der Waals surface area contributed by atoms with Crippen molar-refractivity contribution in [3.8, 4) is 5.75 Å². The maximum atomic E-state index is 12.2. The predicted molar refractivity (Wildman–Crippen MR) is 78.0 cm³/mol. The zero-order valence-corrected chi connectivity index (χ0v) is 12.2. The summed E-state index contributed by atoms with van der Waals surface area (Å²) in [4.78, 5) is 26.0. The fourth-order valence-corrected chi connectivity index (χ4v) is 2.97. The van der Waals surface area contributed by atoms with E-state index in [9.17, 15) is 9.59 Å². The summed E-state index contributed by atoms with van der Waals surface area (Å²) >= 11 is 0. The Morgan fingerprint density at radius 2 is 2.05 bits per heavy atom. The van der Waals surface area contributed by atoms with Crippen LogP contribution in [-0.4, -0.2) is 35.5 Å². The minimum atomic E-state index is -0.658. The molecule has 1 aromatic carbocycles. The van der Waals surface area contributed by atoms with Crippen molar-refractivity contribution in [3.63, 3.8) is 0 Å². The van der Waals surface area contributed by atoms with Crippen LogP contribution in [0.5, 0.6) is 5.75 Å². The third-order valence-electron chi connectivity index (χ3n) is 4.17. The second-order valence-electron chi connectivity index (χ2n) is 5.68. The third kappa shape index (κ3) is 2.60. The quantitative estimate of drug-likeness (QED) is 0.904. The third-order valence-corrected chi connectivity index (χ3v) is 4.17. The summed E-state index contributed by atoms with van der Waals surface area (Å²) in [6.07, 6.45) is 2.70. The van der Waals surface area contributed by atoms with Gasteiger partial charge in [-0.2, -0.15) is 0 Å². The highest BCUT2D eigenvalue weighted by atomic mass is 16.5. The number of hydrogen-bond donors (Lipinski definition) is 1. The summed E-state index contributed by atoms with van der Waals surface area (Å²) in [6, 6.07) is 7.28. The summed E-state index contributed by atoms with van der Waals surface area (Å²) in [7, 11) is 0. The van der Waals surface area contributed by atoms with Gasteiger partial charge < -0.3 is 15.0 Å². The molecule has 0 atom stereocenters. The smallest absolute Gasteiger partial charge is 0.258 e. The molecule has 1 aromatic rings. The van der Waals surface area contributed by atoms with Crippen molar-refractivity contribution in [3.05, 3.63) is 29.8 Å². The minimum absolute atomic E-state index is 0.0924. The molecular weight excluding hydrogens is 268 g/mol. The number of likely N-dealkylation sites (tertiary alicyclic amines) is 1. The molecule has 1 spiro atoms. The number of para-hydroxylation sites is 1. The van der Waals surface area contributed by atoms with Gasteiger partial charge in [0.15, 0.2) is 5.72 Å². The monoisotopic (exact) mass is 288 g/mol. The van der Waals surface area contributed by atoms with Crippen molar-refractivity contribution in [2.75, 3.05) is 13.1 Å². The summed E-state index contributed by atoms with van der Waals surface area (Å²) in [6.45, 7) is 3.26. The molecule has 1 N–H and O–H groups in total. The second-order valence-corrected chi connectivity index (χ2v) is 5.68. The average molecular weight is 288 g/mol. The van der Waals surface area contributed by atoms with Gasteiger partial charge in [-0.3, -0.25) is 9.59 Å². The van der Waals surface area contributed by atoms with E-state index in [2.05, 4.69) is 5.32 Å². The zero-order chi connectivity index (χ0) is 14.9. The highest BCUT2D eigenvalue weighted by molar-refractivity contribution is 5.98. The second kappa shape index (κ2) is 5.39. The van der Waals surface area contributed by atoms with Gasteiger partial charge in [-0.25, -0.2) is 0 Å². The molecule has 0 aliphatic carbocycles. The average Bonchev–Trinajstić information content (AvgIpc) is 2.48. The minimum Gasteiger partial charge on any atom is -0.467 e. The highest BCUT2D eigenvalue weighted by Crippen LogP contribution is 2.33. The molecule has 5 heteroatoms. The van der Waals surface area contributed by atoms with E-state index in [0.717, 1.165) is 6.42 Å². The van der Waals surface area contributed by atoms with Crippen LogP contribution in [0.3, 0.4) is 0 Å². The first-order chi connectivity index (χ1) is 10.1. The maximum absolute atomic E-state index is 12.2. The Morgan fingerprint density at radius 1 is 1.33 bits per heavy atom. The van der Waals surface area contributed by atoms with Gasteiger partial charge in [0.2, 0.25) is 5.91 Å². The lowest BCUT2D eigenvalue weighted by molar-refractivity contribution is -0.135. The molecule has 1 fully saturated rings. The van der Waals surface area contributed by atoms with Gasteiger partial charge in [0.25, 0.3) is 5.91 Å². The van der Waals surface area contributed by atoms with E-state index in [1.807, 2.05) is 30.0 Å². The van der Waals surface area contributed by atoms with Crippen LogP contribution in [0.15, 0.2) is 24.3 Å². The standard InChI is InChI=1S/C16H20N2O3/c1-2-5-14(19)18-10-8-16(9-11-18)17-15(20)12-6-3-4-7-13(12)21-16/h3-4,6-7H,2,5,8-11H2,1H3,(H,17,20). The SMILES string of the molecule is CCCC(=O)N1CCC2(CC1)NC(=O)c1ccccc1O2. The van der Waals surface area contributed by atoms with E-state index in [1.54, 1.807) is 6.07 Å².